The number of benzene rings is 1. The number of anilines is 1. The van der Waals surface area contributed by atoms with Gasteiger partial charge in [-0.25, -0.2) is 9.18 Å². The first kappa shape index (κ1) is 14.9. The number of aryl methyl sites for hydroxylation is 1. The lowest BCUT2D eigenvalue weighted by atomic mass is 9.93. The summed E-state index contributed by atoms with van der Waals surface area (Å²) in [4.78, 5) is 12.0. The number of nitrogens with one attached hydrogen (secondary N) is 3. The Balaban J connectivity index is 1.57. The lowest BCUT2D eigenvalue weighted by Gasteiger charge is -2.23. The van der Waals surface area contributed by atoms with Crippen molar-refractivity contribution in [3.63, 3.8) is 0 Å². The van der Waals surface area contributed by atoms with Crippen molar-refractivity contribution in [3.8, 4) is 0 Å². The predicted molar refractivity (Wildman–Crippen MR) is 83.8 cm³/mol. The minimum absolute atomic E-state index is 0.0547. The molecule has 2 amide bonds. The smallest absolute Gasteiger partial charge is 0.333 e. The summed E-state index contributed by atoms with van der Waals surface area (Å²) in [5.41, 5.74) is 6.90. The molecule has 0 saturated heterocycles. The lowest BCUT2D eigenvalue weighted by molar-refractivity contribution is 0.237. The third-order valence-corrected chi connectivity index (χ3v) is 4.26. The maximum atomic E-state index is 13.0. The zero-order chi connectivity index (χ0) is 15.5. The second-order valence-corrected chi connectivity index (χ2v) is 5.95. The van der Waals surface area contributed by atoms with Gasteiger partial charge < -0.3 is 9.73 Å². The van der Waals surface area contributed by atoms with E-state index in [2.05, 4.69) is 32.1 Å². The van der Waals surface area contributed by atoms with Crippen LogP contribution in [0.15, 0.2) is 39.4 Å². The summed E-state index contributed by atoms with van der Waals surface area (Å²) in [7, 11) is 0. The van der Waals surface area contributed by atoms with Crippen LogP contribution >= 0.6 is 15.9 Å². The minimum Gasteiger partial charge on any atom is -0.469 e. The van der Waals surface area contributed by atoms with Crippen molar-refractivity contribution in [1.82, 2.24) is 10.7 Å². The van der Waals surface area contributed by atoms with Gasteiger partial charge in [-0.3, -0.25) is 10.9 Å². The Morgan fingerprint density at radius 1 is 1.36 bits per heavy atom. The Labute approximate surface area is 135 Å². The van der Waals surface area contributed by atoms with E-state index in [4.69, 9.17) is 4.42 Å². The van der Waals surface area contributed by atoms with Crippen LogP contribution in [-0.4, -0.2) is 6.03 Å². The molecule has 0 bridgehead atoms. The predicted octanol–water partition coefficient (Wildman–Crippen LogP) is 3.88. The Kier molecular flexibility index (Phi) is 4.33. The van der Waals surface area contributed by atoms with Crippen molar-refractivity contribution in [2.75, 3.05) is 5.43 Å². The van der Waals surface area contributed by atoms with Crippen molar-refractivity contribution < 1.29 is 13.6 Å². The molecule has 0 spiro atoms. The molecule has 3 N–H and O–H groups in total. The van der Waals surface area contributed by atoms with Crippen LogP contribution in [0, 0.1) is 5.82 Å². The van der Waals surface area contributed by atoms with Gasteiger partial charge in [0.15, 0.2) is 0 Å². The van der Waals surface area contributed by atoms with Gasteiger partial charge in [-0.2, -0.15) is 0 Å². The molecule has 1 heterocycles. The van der Waals surface area contributed by atoms with Gasteiger partial charge in [-0.05, 0) is 53.0 Å². The van der Waals surface area contributed by atoms with E-state index in [1.807, 2.05) is 6.07 Å². The molecule has 5 nitrogen and oxygen atoms in total. The SMILES string of the molecule is O=C(NNc1ccc(F)cc1Br)NC1CCCc2occc21. The van der Waals surface area contributed by atoms with Crippen molar-refractivity contribution in [2.45, 2.75) is 25.3 Å². The van der Waals surface area contributed by atoms with Gasteiger partial charge in [0.1, 0.15) is 11.6 Å². The van der Waals surface area contributed by atoms with Crippen LogP contribution in [0.5, 0.6) is 0 Å². The Morgan fingerprint density at radius 2 is 2.23 bits per heavy atom. The number of carbonyl (C=O) groups excluding carboxylic acids is 1. The molecule has 22 heavy (non-hydrogen) atoms. The number of hydrogen-bond donors (Lipinski definition) is 3. The van der Waals surface area contributed by atoms with E-state index in [-0.39, 0.29) is 17.9 Å². The molecule has 3 rings (SSSR count). The summed E-state index contributed by atoms with van der Waals surface area (Å²) in [6.07, 6.45) is 4.40. The van der Waals surface area contributed by atoms with Crippen LogP contribution in [0.3, 0.4) is 0 Å². The highest BCUT2D eigenvalue weighted by Gasteiger charge is 2.23. The molecule has 2 aromatic rings. The van der Waals surface area contributed by atoms with E-state index in [0.717, 1.165) is 30.6 Å². The summed E-state index contributed by atoms with van der Waals surface area (Å²) in [6, 6.07) is 5.65. The molecular formula is C15H15BrFN3O2. The number of furan rings is 1. The summed E-state index contributed by atoms with van der Waals surface area (Å²) >= 11 is 3.23. The fraction of sp³-hybridized carbons (Fsp3) is 0.267. The molecular weight excluding hydrogens is 353 g/mol. The number of urea groups is 1. The summed E-state index contributed by atoms with van der Waals surface area (Å²) in [5.74, 6) is 0.586. The third kappa shape index (κ3) is 3.24. The number of amides is 2. The van der Waals surface area contributed by atoms with Gasteiger partial charge in [0.25, 0.3) is 0 Å². The second-order valence-electron chi connectivity index (χ2n) is 5.09. The van der Waals surface area contributed by atoms with Gasteiger partial charge >= 0.3 is 6.03 Å². The van der Waals surface area contributed by atoms with Gasteiger partial charge in [0.2, 0.25) is 0 Å². The Hall–Kier alpha value is -2.02. The van der Waals surface area contributed by atoms with E-state index >= 15 is 0 Å². The van der Waals surface area contributed by atoms with Crippen molar-refractivity contribution in [2.24, 2.45) is 0 Å². The number of rotatable bonds is 3. The lowest BCUT2D eigenvalue weighted by Crippen LogP contribution is -2.41. The van der Waals surface area contributed by atoms with Gasteiger partial charge in [-0.15, -0.1) is 0 Å². The topological polar surface area (TPSA) is 66.3 Å². The molecule has 0 fully saturated rings. The highest BCUT2D eigenvalue weighted by molar-refractivity contribution is 9.10. The molecule has 0 saturated carbocycles. The number of halogens is 2. The number of hydrazine groups is 1. The highest BCUT2D eigenvalue weighted by Crippen LogP contribution is 2.30. The average molecular weight is 368 g/mol. The molecule has 1 atom stereocenters. The molecule has 1 aliphatic carbocycles. The van der Waals surface area contributed by atoms with Crippen molar-refractivity contribution in [1.29, 1.82) is 0 Å². The molecule has 1 unspecified atom stereocenters. The monoisotopic (exact) mass is 367 g/mol. The number of fused-ring (bicyclic) bond motifs is 1. The first-order chi connectivity index (χ1) is 10.6. The fourth-order valence-electron chi connectivity index (χ4n) is 2.55. The van der Waals surface area contributed by atoms with Crippen LogP contribution in [0.1, 0.15) is 30.2 Å². The van der Waals surface area contributed by atoms with Crippen LogP contribution < -0.4 is 16.2 Å². The van der Waals surface area contributed by atoms with Crippen LogP contribution in [0.4, 0.5) is 14.9 Å². The molecule has 116 valence electrons. The maximum absolute atomic E-state index is 13.0. The fourth-order valence-corrected chi connectivity index (χ4v) is 3.00. The van der Waals surface area contributed by atoms with Gasteiger partial charge in [0.05, 0.1) is 18.0 Å². The summed E-state index contributed by atoms with van der Waals surface area (Å²) in [6.45, 7) is 0. The van der Waals surface area contributed by atoms with Crippen molar-refractivity contribution >= 4 is 27.6 Å². The Morgan fingerprint density at radius 3 is 3.05 bits per heavy atom. The second kappa shape index (κ2) is 6.39. The summed E-state index contributed by atoms with van der Waals surface area (Å²) < 4.78 is 18.9. The van der Waals surface area contributed by atoms with Crippen LogP contribution in [-0.2, 0) is 6.42 Å². The molecule has 1 aromatic heterocycles. The van der Waals surface area contributed by atoms with Gasteiger partial charge in [-0.1, -0.05) is 0 Å². The summed E-state index contributed by atoms with van der Waals surface area (Å²) in [5, 5.41) is 2.90. The maximum Gasteiger partial charge on any atom is 0.333 e. The largest absolute Gasteiger partial charge is 0.469 e. The van der Waals surface area contributed by atoms with Crippen LogP contribution in [0.2, 0.25) is 0 Å². The van der Waals surface area contributed by atoms with Crippen molar-refractivity contribution in [3.05, 3.63) is 52.1 Å². The van der Waals surface area contributed by atoms with E-state index in [1.54, 1.807) is 6.26 Å². The standard InChI is InChI=1S/C15H15BrFN3O2/c16-11-8-9(17)4-5-13(11)19-20-15(21)18-12-2-1-3-14-10(12)6-7-22-14/h4-8,12,19H,1-3H2,(H2,18,20,21). The quantitative estimate of drug-likeness (QED) is 0.721. The molecule has 1 aromatic carbocycles. The van der Waals surface area contributed by atoms with E-state index in [9.17, 15) is 9.18 Å². The first-order valence-electron chi connectivity index (χ1n) is 6.97. The average Bonchev–Trinajstić information content (AvgIpc) is 2.96. The molecule has 7 heteroatoms. The molecule has 1 aliphatic rings. The number of carbonyl (C=O) groups is 1. The molecule has 0 radical (unpaired) electrons. The highest BCUT2D eigenvalue weighted by atomic mass is 79.9. The third-order valence-electron chi connectivity index (χ3n) is 3.60. The minimum atomic E-state index is -0.352. The zero-order valence-electron chi connectivity index (χ0n) is 11.7. The number of hydrogen-bond acceptors (Lipinski definition) is 3. The van der Waals surface area contributed by atoms with E-state index < -0.39 is 0 Å². The van der Waals surface area contributed by atoms with E-state index in [1.165, 1.54) is 18.2 Å². The van der Waals surface area contributed by atoms with Crippen LogP contribution in [0.25, 0.3) is 0 Å². The first-order valence-corrected chi connectivity index (χ1v) is 7.76. The van der Waals surface area contributed by atoms with E-state index in [0.29, 0.717) is 10.2 Å². The normalized spacial score (nSPS) is 16.7. The Bertz CT molecular complexity index is 689. The zero-order valence-corrected chi connectivity index (χ0v) is 13.2. The molecule has 0 aliphatic heterocycles. The van der Waals surface area contributed by atoms with Gasteiger partial charge in [0, 0.05) is 16.5 Å².